The molecule has 0 spiro atoms. The third kappa shape index (κ3) is 2.80. The maximum absolute atomic E-state index is 11.7. The van der Waals surface area contributed by atoms with E-state index in [1.54, 1.807) is 12.1 Å². The SMILES string of the molecule is COC(=O)C1C(C=C(Cl)c2ccc(Cl)cc2)C1(C)C. The van der Waals surface area contributed by atoms with E-state index in [1.807, 2.05) is 32.1 Å². The van der Waals surface area contributed by atoms with Gasteiger partial charge in [-0.2, -0.15) is 0 Å². The van der Waals surface area contributed by atoms with Gasteiger partial charge in [0, 0.05) is 10.1 Å². The average Bonchev–Trinajstić information content (AvgIpc) is 2.90. The molecule has 0 aliphatic heterocycles. The molecule has 2 atom stereocenters. The number of ether oxygens (including phenoxy) is 1. The number of hydrogen-bond donors (Lipinski definition) is 0. The normalized spacial score (nSPS) is 25.0. The lowest BCUT2D eigenvalue weighted by Crippen LogP contribution is -2.07. The van der Waals surface area contributed by atoms with Crippen molar-refractivity contribution in [2.45, 2.75) is 13.8 Å². The van der Waals surface area contributed by atoms with E-state index in [9.17, 15) is 4.79 Å². The van der Waals surface area contributed by atoms with Crippen LogP contribution in [0, 0.1) is 17.3 Å². The van der Waals surface area contributed by atoms with Crippen LogP contribution in [0.15, 0.2) is 30.3 Å². The van der Waals surface area contributed by atoms with Gasteiger partial charge < -0.3 is 4.74 Å². The fourth-order valence-corrected chi connectivity index (χ4v) is 2.82. The fourth-order valence-electron chi connectivity index (χ4n) is 2.43. The van der Waals surface area contributed by atoms with Crippen molar-refractivity contribution in [2.75, 3.05) is 7.11 Å². The number of rotatable bonds is 3. The molecule has 1 saturated carbocycles. The molecular formula is C15H16Cl2O2. The summed E-state index contributed by atoms with van der Waals surface area (Å²) in [6.07, 6.45) is 1.94. The van der Waals surface area contributed by atoms with Crippen LogP contribution in [0.4, 0.5) is 0 Å². The molecule has 0 aromatic heterocycles. The Hall–Kier alpha value is -0.990. The second-order valence-corrected chi connectivity index (χ2v) is 6.21. The summed E-state index contributed by atoms with van der Waals surface area (Å²) in [5.41, 5.74) is 0.803. The van der Waals surface area contributed by atoms with Gasteiger partial charge in [-0.1, -0.05) is 55.3 Å². The Bertz CT molecular complexity index is 517. The van der Waals surface area contributed by atoms with Gasteiger partial charge >= 0.3 is 5.97 Å². The van der Waals surface area contributed by atoms with E-state index in [0.29, 0.717) is 10.1 Å². The van der Waals surface area contributed by atoms with Crippen molar-refractivity contribution >= 4 is 34.2 Å². The van der Waals surface area contributed by atoms with E-state index in [0.717, 1.165) is 5.56 Å². The first kappa shape index (κ1) is 14.4. The summed E-state index contributed by atoms with van der Waals surface area (Å²) in [4.78, 5) is 11.7. The van der Waals surface area contributed by atoms with Crippen LogP contribution in [0.5, 0.6) is 0 Å². The molecule has 1 aliphatic carbocycles. The average molecular weight is 299 g/mol. The van der Waals surface area contributed by atoms with Gasteiger partial charge in [0.2, 0.25) is 0 Å². The number of methoxy groups -OCH3 is 1. The van der Waals surface area contributed by atoms with Crippen molar-refractivity contribution in [3.8, 4) is 0 Å². The fraction of sp³-hybridized carbons (Fsp3) is 0.400. The highest BCUT2D eigenvalue weighted by molar-refractivity contribution is 6.48. The van der Waals surface area contributed by atoms with Gasteiger partial charge in [-0.15, -0.1) is 0 Å². The van der Waals surface area contributed by atoms with E-state index in [2.05, 4.69) is 0 Å². The molecule has 0 radical (unpaired) electrons. The van der Waals surface area contributed by atoms with Crippen LogP contribution in [0.3, 0.4) is 0 Å². The van der Waals surface area contributed by atoms with Crippen molar-refractivity contribution in [3.05, 3.63) is 40.9 Å². The standard InChI is InChI=1S/C15H16Cl2O2/c1-15(2)11(13(15)14(18)19-3)8-12(17)9-4-6-10(16)7-5-9/h4-8,11,13H,1-3H3. The molecule has 2 unspecified atom stereocenters. The summed E-state index contributed by atoms with van der Waals surface area (Å²) in [7, 11) is 1.41. The third-order valence-corrected chi connectivity index (χ3v) is 4.41. The van der Waals surface area contributed by atoms with Crippen molar-refractivity contribution in [1.82, 2.24) is 0 Å². The van der Waals surface area contributed by atoms with E-state index in [-0.39, 0.29) is 23.2 Å². The van der Waals surface area contributed by atoms with Gasteiger partial charge in [0.05, 0.1) is 13.0 Å². The summed E-state index contributed by atoms with van der Waals surface area (Å²) < 4.78 is 4.81. The van der Waals surface area contributed by atoms with Crippen molar-refractivity contribution in [1.29, 1.82) is 0 Å². The predicted octanol–water partition coefficient (Wildman–Crippen LogP) is 4.36. The van der Waals surface area contributed by atoms with E-state index in [4.69, 9.17) is 27.9 Å². The van der Waals surface area contributed by atoms with Gasteiger partial charge in [0.1, 0.15) is 0 Å². The Morgan fingerprint density at radius 3 is 2.42 bits per heavy atom. The maximum Gasteiger partial charge on any atom is 0.309 e. The minimum absolute atomic E-state index is 0.0976. The highest BCUT2D eigenvalue weighted by atomic mass is 35.5. The molecule has 0 amide bonds. The largest absolute Gasteiger partial charge is 0.469 e. The molecule has 1 aliphatic rings. The van der Waals surface area contributed by atoms with Gasteiger partial charge in [0.15, 0.2) is 0 Å². The van der Waals surface area contributed by atoms with Crippen molar-refractivity contribution < 1.29 is 9.53 Å². The Balaban J connectivity index is 2.18. The molecule has 0 N–H and O–H groups in total. The summed E-state index contributed by atoms with van der Waals surface area (Å²) in [6.45, 7) is 4.09. The van der Waals surface area contributed by atoms with Crippen molar-refractivity contribution in [2.24, 2.45) is 17.3 Å². The van der Waals surface area contributed by atoms with E-state index >= 15 is 0 Å². The van der Waals surface area contributed by atoms with Crippen LogP contribution < -0.4 is 0 Å². The van der Waals surface area contributed by atoms with Gasteiger partial charge in [-0.05, 0) is 29.0 Å². The van der Waals surface area contributed by atoms with E-state index < -0.39 is 0 Å². The zero-order valence-corrected chi connectivity index (χ0v) is 12.6. The Morgan fingerprint density at radius 1 is 1.32 bits per heavy atom. The number of esters is 1. The van der Waals surface area contributed by atoms with Gasteiger partial charge in [-0.25, -0.2) is 0 Å². The van der Waals surface area contributed by atoms with Crippen LogP contribution in [0.1, 0.15) is 19.4 Å². The molecule has 1 fully saturated rings. The summed E-state index contributed by atoms with van der Waals surface area (Å²) >= 11 is 12.1. The first-order chi connectivity index (χ1) is 8.87. The Labute approximate surface area is 123 Å². The van der Waals surface area contributed by atoms with Crippen LogP contribution in [0.2, 0.25) is 5.02 Å². The summed E-state index contributed by atoms with van der Waals surface area (Å²) in [6, 6.07) is 7.32. The number of benzene rings is 1. The molecular weight excluding hydrogens is 283 g/mol. The smallest absolute Gasteiger partial charge is 0.309 e. The number of halogens is 2. The molecule has 1 aromatic carbocycles. The number of carbonyl (C=O) groups excluding carboxylic acids is 1. The van der Waals surface area contributed by atoms with Crippen LogP contribution in [-0.2, 0) is 9.53 Å². The second kappa shape index (κ2) is 5.18. The minimum atomic E-state index is -0.174. The van der Waals surface area contributed by atoms with Crippen molar-refractivity contribution in [3.63, 3.8) is 0 Å². The van der Waals surface area contributed by atoms with Crippen LogP contribution in [0.25, 0.3) is 5.03 Å². The zero-order valence-electron chi connectivity index (χ0n) is 11.1. The molecule has 102 valence electrons. The second-order valence-electron chi connectivity index (χ2n) is 5.37. The first-order valence-electron chi connectivity index (χ1n) is 6.09. The molecule has 0 bridgehead atoms. The molecule has 19 heavy (non-hydrogen) atoms. The number of allylic oxidation sites excluding steroid dienone is 1. The Kier molecular flexibility index (Phi) is 3.93. The lowest BCUT2D eigenvalue weighted by Gasteiger charge is -2.01. The van der Waals surface area contributed by atoms with Crippen LogP contribution >= 0.6 is 23.2 Å². The predicted molar refractivity (Wildman–Crippen MR) is 78.1 cm³/mol. The van der Waals surface area contributed by atoms with Crippen LogP contribution in [-0.4, -0.2) is 13.1 Å². The molecule has 0 heterocycles. The summed E-state index contributed by atoms with van der Waals surface area (Å²) in [5.74, 6) is -0.173. The molecule has 1 aromatic rings. The molecule has 0 saturated heterocycles. The minimum Gasteiger partial charge on any atom is -0.469 e. The monoisotopic (exact) mass is 298 g/mol. The lowest BCUT2D eigenvalue weighted by molar-refractivity contribution is -0.143. The van der Waals surface area contributed by atoms with Gasteiger partial charge in [-0.3, -0.25) is 4.79 Å². The summed E-state index contributed by atoms with van der Waals surface area (Å²) in [5, 5.41) is 1.31. The van der Waals surface area contributed by atoms with Gasteiger partial charge in [0.25, 0.3) is 0 Å². The van der Waals surface area contributed by atoms with E-state index in [1.165, 1.54) is 7.11 Å². The molecule has 2 nitrogen and oxygen atoms in total. The topological polar surface area (TPSA) is 26.3 Å². The lowest BCUT2D eigenvalue weighted by atomic mass is 10.1. The highest BCUT2D eigenvalue weighted by Gasteiger charge is 2.61. The number of hydrogen-bond acceptors (Lipinski definition) is 2. The maximum atomic E-state index is 11.7. The number of carbonyl (C=O) groups is 1. The molecule has 4 heteroatoms. The first-order valence-corrected chi connectivity index (χ1v) is 6.84. The third-order valence-electron chi connectivity index (χ3n) is 3.81. The zero-order chi connectivity index (χ0) is 14.2. The highest BCUT2D eigenvalue weighted by Crippen LogP contribution is 2.60. The molecule has 2 rings (SSSR count). The Morgan fingerprint density at radius 2 is 1.89 bits per heavy atom. The quantitative estimate of drug-likeness (QED) is 0.775.